The van der Waals surface area contributed by atoms with Gasteiger partial charge in [-0.05, 0) is 0 Å². The number of piperazine rings is 1. The summed E-state index contributed by atoms with van der Waals surface area (Å²) in [7, 11) is 0. The van der Waals surface area contributed by atoms with Crippen LogP contribution < -0.4 is 10.2 Å². The summed E-state index contributed by atoms with van der Waals surface area (Å²) in [5.74, 6) is 0. The van der Waals surface area contributed by atoms with Crippen molar-refractivity contribution in [3.05, 3.63) is 0 Å². The van der Waals surface area contributed by atoms with E-state index in [-0.39, 0.29) is 0 Å². The van der Waals surface area contributed by atoms with Crippen LogP contribution in [0.1, 0.15) is 0 Å². The maximum absolute atomic E-state index is 8.58. The van der Waals surface area contributed by atoms with Gasteiger partial charge in [-0.1, -0.05) is 0 Å². The molecule has 3 N–H and O–H groups in total. The molecule has 0 aliphatic carbocycles. The van der Waals surface area contributed by atoms with Gasteiger partial charge >= 0.3 is 0 Å². The number of quaternary nitrogens is 1. The molecule has 0 unspecified atom stereocenters. The Morgan fingerprint density at radius 2 is 2.00 bits per heavy atom. The fourth-order valence-corrected chi connectivity index (χ4v) is 1.19. The second-order valence-corrected chi connectivity index (χ2v) is 2.47. The highest BCUT2D eigenvalue weighted by Gasteiger charge is 2.10. The zero-order valence-electron chi connectivity index (χ0n) is 5.69. The maximum atomic E-state index is 8.58. The number of aliphatic hydroxyl groups excluding tert-OH is 1. The maximum Gasteiger partial charge on any atom is 0.101 e. The normalized spacial score (nSPS) is 22.3. The summed E-state index contributed by atoms with van der Waals surface area (Å²) in [6, 6.07) is 0. The molecule has 3 heteroatoms. The second kappa shape index (κ2) is 3.82. The molecule has 0 aromatic carbocycles. The molecule has 1 aliphatic rings. The molecule has 0 atom stereocenters. The van der Waals surface area contributed by atoms with E-state index in [0.29, 0.717) is 6.61 Å². The third-order valence-electron chi connectivity index (χ3n) is 1.78. The van der Waals surface area contributed by atoms with Crippen LogP contribution in [0.5, 0.6) is 0 Å². The van der Waals surface area contributed by atoms with E-state index in [1.807, 2.05) is 0 Å². The molecule has 3 nitrogen and oxygen atoms in total. The van der Waals surface area contributed by atoms with Gasteiger partial charge in [0.25, 0.3) is 0 Å². The first-order chi connectivity index (χ1) is 4.43. The standard InChI is InChI=1S/C6H14N2O/c9-6-5-8-3-1-7-2-4-8/h7,9H,1-6H2/p+1. The average molecular weight is 131 g/mol. The molecule has 1 rings (SSSR count). The molecule has 0 spiro atoms. The zero-order valence-corrected chi connectivity index (χ0v) is 5.69. The quantitative estimate of drug-likeness (QED) is 0.386. The Labute approximate surface area is 55.7 Å². The van der Waals surface area contributed by atoms with Gasteiger partial charge in [-0.15, -0.1) is 0 Å². The molecule has 0 amide bonds. The van der Waals surface area contributed by atoms with Crippen LogP contribution >= 0.6 is 0 Å². The van der Waals surface area contributed by atoms with Gasteiger partial charge in [0.2, 0.25) is 0 Å². The van der Waals surface area contributed by atoms with E-state index in [9.17, 15) is 0 Å². The lowest BCUT2D eigenvalue weighted by atomic mass is 10.4. The summed E-state index contributed by atoms with van der Waals surface area (Å²) in [6.07, 6.45) is 0. The Balaban J connectivity index is 2.08. The fourth-order valence-electron chi connectivity index (χ4n) is 1.19. The lowest BCUT2D eigenvalue weighted by Crippen LogP contribution is -3.15. The molecule has 1 heterocycles. The molecular formula is C6H15N2O+. The average Bonchev–Trinajstić information content (AvgIpc) is 1.91. The molecule has 0 saturated carbocycles. The second-order valence-electron chi connectivity index (χ2n) is 2.47. The minimum absolute atomic E-state index is 0.329. The lowest BCUT2D eigenvalue weighted by Gasteiger charge is -2.23. The number of nitrogens with one attached hydrogen (secondary N) is 2. The summed E-state index contributed by atoms with van der Waals surface area (Å²) >= 11 is 0. The van der Waals surface area contributed by atoms with Crippen molar-refractivity contribution < 1.29 is 10.0 Å². The molecule has 1 aliphatic heterocycles. The Kier molecular flexibility index (Phi) is 2.97. The van der Waals surface area contributed by atoms with Crippen LogP contribution in [0.2, 0.25) is 0 Å². The van der Waals surface area contributed by atoms with Gasteiger partial charge in [0.05, 0.1) is 19.7 Å². The summed E-state index contributed by atoms with van der Waals surface area (Å²) in [6.45, 7) is 5.79. The minimum Gasteiger partial charge on any atom is -0.391 e. The molecule has 9 heavy (non-hydrogen) atoms. The smallest absolute Gasteiger partial charge is 0.101 e. The molecule has 0 radical (unpaired) electrons. The van der Waals surface area contributed by atoms with Crippen LogP contribution in [-0.2, 0) is 0 Å². The van der Waals surface area contributed by atoms with Crippen molar-refractivity contribution in [1.82, 2.24) is 5.32 Å². The van der Waals surface area contributed by atoms with Gasteiger partial charge in [-0.2, -0.15) is 0 Å². The van der Waals surface area contributed by atoms with Gasteiger partial charge in [-0.3, -0.25) is 0 Å². The van der Waals surface area contributed by atoms with E-state index >= 15 is 0 Å². The van der Waals surface area contributed by atoms with Gasteiger partial charge < -0.3 is 15.3 Å². The summed E-state index contributed by atoms with van der Waals surface area (Å²) in [5, 5.41) is 11.8. The van der Waals surface area contributed by atoms with E-state index in [1.54, 1.807) is 0 Å². The highest BCUT2D eigenvalue weighted by Crippen LogP contribution is 1.62. The SMILES string of the molecule is OCC[NH+]1CCNCC1. The largest absolute Gasteiger partial charge is 0.391 e. The fraction of sp³-hybridized carbons (Fsp3) is 1.00. The first kappa shape index (κ1) is 6.99. The first-order valence-corrected chi connectivity index (χ1v) is 3.58. The molecule has 0 aromatic heterocycles. The van der Waals surface area contributed by atoms with Crippen molar-refractivity contribution in [3.8, 4) is 0 Å². The third kappa shape index (κ3) is 2.30. The summed E-state index contributed by atoms with van der Waals surface area (Å²) < 4.78 is 0. The Bertz CT molecular complexity index is 68.7. The topological polar surface area (TPSA) is 36.7 Å². The van der Waals surface area contributed by atoms with E-state index in [1.165, 1.54) is 18.0 Å². The summed E-state index contributed by atoms with van der Waals surface area (Å²) in [4.78, 5) is 1.52. The minimum atomic E-state index is 0.329. The van der Waals surface area contributed by atoms with Crippen LogP contribution in [0.3, 0.4) is 0 Å². The Morgan fingerprint density at radius 1 is 1.33 bits per heavy atom. The highest BCUT2D eigenvalue weighted by atomic mass is 16.3. The Morgan fingerprint density at radius 3 is 2.56 bits per heavy atom. The molecule has 0 aromatic rings. The summed E-state index contributed by atoms with van der Waals surface area (Å²) in [5.41, 5.74) is 0. The van der Waals surface area contributed by atoms with E-state index < -0.39 is 0 Å². The van der Waals surface area contributed by atoms with Crippen LogP contribution in [0, 0.1) is 0 Å². The van der Waals surface area contributed by atoms with E-state index in [4.69, 9.17) is 5.11 Å². The first-order valence-electron chi connectivity index (χ1n) is 3.58. The van der Waals surface area contributed by atoms with Crippen molar-refractivity contribution in [2.24, 2.45) is 0 Å². The molecular weight excluding hydrogens is 116 g/mol. The molecule has 1 fully saturated rings. The van der Waals surface area contributed by atoms with Crippen LogP contribution in [-0.4, -0.2) is 44.4 Å². The Hall–Kier alpha value is -0.120. The van der Waals surface area contributed by atoms with E-state index in [2.05, 4.69) is 5.32 Å². The van der Waals surface area contributed by atoms with Crippen molar-refractivity contribution in [2.45, 2.75) is 0 Å². The zero-order chi connectivity index (χ0) is 6.53. The van der Waals surface area contributed by atoms with Crippen LogP contribution in [0.25, 0.3) is 0 Å². The van der Waals surface area contributed by atoms with Crippen molar-refractivity contribution in [3.63, 3.8) is 0 Å². The predicted octanol–water partition coefficient (Wildman–Crippen LogP) is -2.53. The van der Waals surface area contributed by atoms with Crippen LogP contribution in [0.4, 0.5) is 0 Å². The lowest BCUT2D eigenvalue weighted by molar-refractivity contribution is -0.902. The van der Waals surface area contributed by atoms with Gasteiger partial charge in [0.1, 0.15) is 6.54 Å². The number of aliphatic hydroxyl groups is 1. The van der Waals surface area contributed by atoms with Gasteiger partial charge in [0.15, 0.2) is 0 Å². The highest BCUT2D eigenvalue weighted by molar-refractivity contribution is 4.49. The van der Waals surface area contributed by atoms with Gasteiger partial charge in [-0.25, -0.2) is 0 Å². The number of rotatable bonds is 2. The van der Waals surface area contributed by atoms with Crippen molar-refractivity contribution >= 4 is 0 Å². The van der Waals surface area contributed by atoms with Crippen molar-refractivity contribution in [1.29, 1.82) is 0 Å². The molecule has 1 saturated heterocycles. The number of hydrogen-bond donors (Lipinski definition) is 3. The molecule has 54 valence electrons. The molecule has 0 bridgehead atoms. The monoisotopic (exact) mass is 131 g/mol. The third-order valence-corrected chi connectivity index (χ3v) is 1.78. The van der Waals surface area contributed by atoms with Crippen molar-refractivity contribution in [2.75, 3.05) is 39.3 Å². The predicted molar refractivity (Wildman–Crippen MR) is 35.5 cm³/mol. The number of hydrogen-bond acceptors (Lipinski definition) is 2. The van der Waals surface area contributed by atoms with Crippen LogP contribution in [0.15, 0.2) is 0 Å². The van der Waals surface area contributed by atoms with Gasteiger partial charge in [0, 0.05) is 13.1 Å². The van der Waals surface area contributed by atoms with E-state index in [0.717, 1.165) is 19.6 Å².